The molecule has 96 valence electrons. The number of hydrogen-bond donors (Lipinski definition) is 0. The summed E-state index contributed by atoms with van der Waals surface area (Å²) in [6, 6.07) is 0. The van der Waals surface area contributed by atoms with Crippen molar-refractivity contribution in [2.24, 2.45) is 0 Å². The summed E-state index contributed by atoms with van der Waals surface area (Å²) in [5, 5.41) is 12.3. The highest BCUT2D eigenvalue weighted by Crippen LogP contribution is 2.17. The average Bonchev–Trinajstić information content (AvgIpc) is 2.62. The van der Waals surface area contributed by atoms with Gasteiger partial charge >= 0.3 is 0 Å². The minimum atomic E-state index is 0.0477. The largest absolute Gasteiger partial charge is 0.632 e. The molecule has 1 aliphatic heterocycles. The Bertz CT molecular complexity index is 187. The van der Waals surface area contributed by atoms with Crippen LogP contribution in [0.3, 0.4) is 0 Å². The molecule has 0 saturated carbocycles. The molecule has 1 fully saturated rings. The Balaban J connectivity index is 2.16. The fraction of sp³-hybridized carbons (Fsp3) is 1.00. The number of rotatable bonds is 8. The number of hydrogen-bond acceptors (Lipinski definition) is 2. The second-order valence-electron chi connectivity index (χ2n) is 5.18. The van der Waals surface area contributed by atoms with E-state index in [0.29, 0.717) is 0 Å². The van der Waals surface area contributed by atoms with Crippen molar-refractivity contribution in [3.63, 3.8) is 0 Å². The summed E-state index contributed by atoms with van der Waals surface area (Å²) in [4.78, 5) is 2.36. The van der Waals surface area contributed by atoms with Crippen LogP contribution in [0.4, 0.5) is 0 Å². The molecular formula is C13H28N2O. The van der Waals surface area contributed by atoms with Crippen LogP contribution in [0, 0.1) is 5.21 Å². The van der Waals surface area contributed by atoms with E-state index in [0.717, 1.165) is 39.3 Å². The summed E-state index contributed by atoms with van der Waals surface area (Å²) >= 11 is 0. The summed E-state index contributed by atoms with van der Waals surface area (Å²) in [5.41, 5.74) is 0. The lowest BCUT2D eigenvalue weighted by Gasteiger charge is -2.38. The third-order valence-corrected chi connectivity index (χ3v) is 3.53. The number of hydroxylamine groups is 3. The Kier molecular flexibility index (Phi) is 6.32. The van der Waals surface area contributed by atoms with Gasteiger partial charge in [-0.1, -0.05) is 33.1 Å². The Morgan fingerprint density at radius 3 is 2.44 bits per heavy atom. The van der Waals surface area contributed by atoms with E-state index in [4.69, 9.17) is 0 Å². The minimum absolute atomic E-state index is 0.0477. The topological polar surface area (TPSA) is 26.3 Å². The van der Waals surface area contributed by atoms with Gasteiger partial charge in [0.15, 0.2) is 0 Å². The van der Waals surface area contributed by atoms with Gasteiger partial charge in [-0.25, -0.2) is 0 Å². The lowest BCUT2D eigenvalue weighted by atomic mass is 10.2. The van der Waals surface area contributed by atoms with Crippen LogP contribution >= 0.6 is 0 Å². The predicted octanol–water partition coefficient (Wildman–Crippen LogP) is 2.95. The van der Waals surface area contributed by atoms with Crippen LogP contribution in [0.1, 0.15) is 52.4 Å². The molecule has 0 aromatic rings. The zero-order chi connectivity index (χ0) is 11.9. The lowest BCUT2D eigenvalue weighted by molar-refractivity contribution is -0.872. The lowest BCUT2D eigenvalue weighted by Crippen LogP contribution is -2.42. The molecule has 0 aliphatic carbocycles. The predicted molar refractivity (Wildman–Crippen MR) is 68.9 cm³/mol. The molecule has 3 nitrogen and oxygen atoms in total. The van der Waals surface area contributed by atoms with Gasteiger partial charge in [0.1, 0.15) is 6.67 Å². The van der Waals surface area contributed by atoms with Gasteiger partial charge in [0.05, 0.1) is 19.6 Å². The van der Waals surface area contributed by atoms with Crippen molar-refractivity contribution < 1.29 is 4.65 Å². The van der Waals surface area contributed by atoms with Crippen molar-refractivity contribution in [2.45, 2.75) is 52.4 Å². The first-order chi connectivity index (χ1) is 7.70. The van der Waals surface area contributed by atoms with Crippen LogP contribution in [0.15, 0.2) is 0 Å². The van der Waals surface area contributed by atoms with Gasteiger partial charge in [-0.05, 0) is 19.3 Å². The average molecular weight is 228 g/mol. The molecule has 0 aromatic heterocycles. The maximum absolute atomic E-state index is 12.3. The van der Waals surface area contributed by atoms with Gasteiger partial charge in [0.2, 0.25) is 0 Å². The van der Waals surface area contributed by atoms with Crippen LogP contribution in [-0.4, -0.2) is 42.4 Å². The van der Waals surface area contributed by atoms with Crippen LogP contribution in [0.2, 0.25) is 0 Å². The molecular weight excluding hydrogens is 200 g/mol. The Morgan fingerprint density at radius 2 is 1.75 bits per heavy atom. The van der Waals surface area contributed by atoms with Crippen LogP contribution in [0.5, 0.6) is 0 Å². The van der Waals surface area contributed by atoms with Crippen molar-refractivity contribution in [2.75, 3.05) is 32.8 Å². The highest BCUT2D eigenvalue weighted by Gasteiger charge is 2.28. The van der Waals surface area contributed by atoms with Crippen molar-refractivity contribution in [3.8, 4) is 0 Å². The first-order valence-electron chi connectivity index (χ1n) is 6.99. The van der Waals surface area contributed by atoms with Crippen molar-refractivity contribution in [1.82, 2.24) is 4.90 Å². The van der Waals surface area contributed by atoms with Gasteiger partial charge < -0.3 is 9.85 Å². The zero-order valence-corrected chi connectivity index (χ0v) is 11.1. The molecule has 0 N–H and O–H groups in total. The van der Waals surface area contributed by atoms with Crippen molar-refractivity contribution in [3.05, 3.63) is 5.21 Å². The second-order valence-corrected chi connectivity index (χ2v) is 5.18. The van der Waals surface area contributed by atoms with E-state index in [1.807, 2.05) is 0 Å². The molecule has 3 heteroatoms. The molecule has 1 saturated heterocycles. The van der Waals surface area contributed by atoms with Crippen molar-refractivity contribution in [1.29, 1.82) is 0 Å². The monoisotopic (exact) mass is 228 g/mol. The van der Waals surface area contributed by atoms with Crippen LogP contribution < -0.4 is 0 Å². The summed E-state index contributed by atoms with van der Waals surface area (Å²) in [5.74, 6) is 0. The number of nitrogens with zero attached hydrogens (tertiary/aromatic N) is 2. The molecule has 1 aliphatic rings. The smallest absolute Gasteiger partial charge is 0.135 e. The van der Waals surface area contributed by atoms with E-state index in [2.05, 4.69) is 18.7 Å². The van der Waals surface area contributed by atoms with E-state index in [1.165, 1.54) is 32.1 Å². The second kappa shape index (κ2) is 7.25. The third kappa shape index (κ3) is 4.81. The number of unbranched alkanes of at least 4 members (excludes halogenated alkanes) is 4. The maximum atomic E-state index is 12.3. The summed E-state index contributed by atoms with van der Waals surface area (Å²) in [6.07, 6.45) is 7.33. The summed E-state index contributed by atoms with van der Waals surface area (Å²) in [6.45, 7) is 8.95. The molecule has 1 atom stereocenters. The molecule has 16 heavy (non-hydrogen) atoms. The minimum Gasteiger partial charge on any atom is -0.632 e. The molecule has 0 aromatic carbocycles. The van der Waals surface area contributed by atoms with Crippen LogP contribution in [-0.2, 0) is 0 Å². The molecule has 1 rings (SSSR count). The SMILES string of the molecule is CCCCCN1CC[N+]([O-])(CCCCC)C1. The summed E-state index contributed by atoms with van der Waals surface area (Å²) < 4.78 is 0.0477. The highest BCUT2D eigenvalue weighted by atomic mass is 16.6. The van der Waals surface area contributed by atoms with E-state index < -0.39 is 0 Å². The molecule has 0 spiro atoms. The molecule has 0 radical (unpaired) electrons. The summed E-state index contributed by atoms with van der Waals surface area (Å²) in [7, 11) is 0. The third-order valence-electron chi connectivity index (χ3n) is 3.53. The molecule has 0 bridgehead atoms. The van der Waals surface area contributed by atoms with Crippen molar-refractivity contribution >= 4 is 0 Å². The van der Waals surface area contributed by atoms with E-state index in [-0.39, 0.29) is 4.65 Å². The normalized spacial score (nSPS) is 26.4. The van der Waals surface area contributed by atoms with Gasteiger partial charge in [-0.2, -0.15) is 0 Å². The van der Waals surface area contributed by atoms with Gasteiger partial charge in [-0.15, -0.1) is 0 Å². The fourth-order valence-electron chi connectivity index (χ4n) is 2.43. The van der Waals surface area contributed by atoms with E-state index in [1.54, 1.807) is 0 Å². The fourth-order valence-corrected chi connectivity index (χ4v) is 2.43. The van der Waals surface area contributed by atoms with Crippen LogP contribution in [0.25, 0.3) is 0 Å². The van der Waals surface area contributed by atoms with Gasteiger partial charge in [0.25, 0.3) is 0 Å². The van der Waals surface area contributed by atoms with Gasteiger partial charge in [0, 0.05) is 6.54 Å². The Labute approximate surface area is 101 Å². The van der Waals surface area contributed by atoms with E-state index in [9.17, 15) is 5.21 Å². The first kappa shape index (κ1) is 13.9. The first-order valence-corrected chi connectivity index (χ1v) is 6.99. The maximum Gasteiger partial charge on any atom is 0.135 e. The molecule has 0 amide bonds. The molecule has 1 unspecified atom stereocenters. The number of quaternary nitrogens is 1. The molecule has 1 heterocycles. The zero-order valence-electron chi connectivity index (χ0n) is 11.1. The van der Waals surface area contributed by atoms with Gasteiger partial charge in [-0.3, -0.25) is 4.90 Å². The standard InChI is InChI=1S/C13H28N2O/c1-3-5-7-9-14-10-12-15(16,13-14)11-8-6-4-2/h3-13H2,1-2H3. The highest BCUT2D eigenvalue weighted by molar-refractivity contribution is 4.62. The quantitative estimate of drug-likeness (QED) is 0.363. The van der Waals surface area contributed by atoms with E-state index >= 15 is 0 Å². The Hall–Kier alpha value is -0.120. The Morgan fingerprint density at radius 1 is 1.06 bits per heavy atom.